The number of hydrogen-bond donors (Lipinski definition) is 1. The van der Waals surface area contributed by atoms with E-state index in [1.54, 1.807) is 0 Å². The van der Waals surface area contributed by atoms with Gasteiger partial charge >= 0.3 is 0 Å². The highest BCUT2D eigenvalue weighted by Crippen LogP contribution is 2.46. The molecule has 2 aromatic heterocycles. The second-order valence-corrected chi connectivity index (χ2v) is 10.7. The van der Waals surface area contributed by atoms with Crippen molar-refractivity contribution >= 4 is 40.0 Å². The van der Waals surface area contributed by atoms with Crippen molar-refractivity contribution < 1.29 is 9.53 Å². The lowest BCUT2D eigenvalue weighted by Gasteiger charge is -2.27. The third-order valence-electron chi connectivity index (χ3n) is 7.63. The molecule has 186 valence electrons. The second-order valence-electron chi connectivity index (χ2n) is 9.94. The van der Waals surface area contributed by atoms with Crippen LogP contribution in [0.5, 0.6) is 5.75 Å². The van der Waals surface area contributed by atoms with E-state index in [2.05, 4.69) is 22.9 Å². The highest BCUT2D eigenvalue weighted by molar-refractivity contribution is 6.35. The van der Waals surface area contributed by atoms with E-state index >= 15 is 0 Å². The molecular weight excluding hydrogens is 495 g/mol. The lowest BCUT2D eigenvalue weighted by molar-refractivity contribution is 0.0915. The standard InChI is InChI=1S/C28H28Cl2N4O2/c1-14-10-18(11-15(2)25(14)30)36-9-5-6-19-20-7-8-21(29)24-23-16(3)33(4)32-22(23)12-17-13-31-28(35)27(19)34(17)26(20)24/h7-8,10-11,17H,5-6,9,12-13H2,1-4H3,(H,31,35)/t17-/m1/s1. The predicted octanol–water partition coefficient (Wildman–Crippen LogP) is 6.13. The van der Waals surface area contributed by atoms with Crippen molar-refractivity contribution in [1.29, 1.82) is 0 Å². The van der Waals surface area contributed by atoms with Crippen LogP contribution in [0.4, 0.5) is 0 Å². The molecule has 6 nitrogen and oxygen atoms in total. The molecule has 0 spiro atoms. The average molecular weight is 523 g/mol. The fourth-order valence-electron chi connectivity index (χ4n) is 5.89. The summed E-state index contributed by atoms with van der Waals surface area (Å²) in [5.41, 5.74) is 9.06. The number of aryl methyl sites for hydroxylation is 4. The van der Waals surface area contributed by atoms with Crippen LogP contribution in [0.3, 0.4) is 0 Å². The van der Waals surface area contributed by atoms with Gasteiger partial charge in [0.15, 0.2) is 0 Å². The van der Waals surface area contributed by atoms with Gasteiger partial charge in [0.2, 0.25) is 0 Å². The van der Waals surface area contributed by atoms with E-state index in [1.807, 2.05) is 43.8 Å². The number of nitrogens with zero attached hydrogens (tertiary/aromatic N) is 3. The molecule has 1 atom stereocenters. The topological polar surface area (TPSA) is 61.1 Å². The summed E-state index contributed by atoms with van der Waals surface area (Å²) in [6.45, 7) is 7.17. The summed E-state index contributed by atoms with van der Waals surface area (Å²) in [6, 6.07) is 8.06. The Morgan fingerprint density at radius 2 is 1.89 bits per heavy atom. The van der Waals surface area contributed by atoms with Gasteiger partial charge in [0.1, 0.15) is 11.4 Å². The van der Waals surface area contributed by atoms with Crippen molar-refractivity contribution in [3.05, 3.63) is 68.1 Å². The fourth-order valence-corrected chi connectivity index (χ4v) is 6.25. The van der Waals surface area contributed by atoms with Gasteiger partial charge in [-0.05, 0) is 68.5 Å². The molecule has 1 N–H and O–H groups in total. The molecule has 0 radical (unpaired) electrons. The van der Waals surface area contributed by atoms with Crippen molar-refractivity contribution in [2.45, 2.75) is 46.1 Å². The first-order valence-corrected chi connectivity index (χ1v) is 13.1. The van der Waals surface area contributed by atoms with Gasteiger partial charge in [0.05, 0.1) is 28.9 Å². The monoisotopic (exact) mass is 522 g/mol. The van der Waals surface area contributed by atoms with Crippen molar-refractivity contribution in [1.82, 2.24) is 19.7 Å². The number of nitrogens with one attached hydrogen (secondary N) is 1. The number of ether oxygens (including phenoxy) is 1. The number of hydrogen-bond acceptors (Lipinski definition) is 3. The lowest BCUT2D eigenvalue weighted by atomic mass is 9.96. The van der Waals surface area contributed by atoms with Crippen molar-refractivity contribution in [2.75, 3.05) is 13.2 Å². The summed E-state index contributed by atoms with van der Waals surface area (Å²) >= 11 is 13.1. The molecule has 6 rings (SSSR count). The number of halogens is 2. The molecule has 4 aromatic rings. The Balaban J connectivity index is 1.41. The maximum atomic E-state index is 13.2. The highest BCUT2D eigenvalue weighted by Gasteiger charge is 2.37. The number of benzene rings is 2. The largest absolute Gasteiger partial charge is 0.494 e. The Labute approximate surface area is 220 Å². The van der Waals surface area contributed by atoms with Gasteiger partial charge in [-0.1, -0.05) is 29.3 Å². The van der Waals surface area contributed by atoms with Gasteiger partial charge in [-0.25, -0.2) is 0 Å². The zero-order chi connectivity index (χ0) is 25.3. The van der Waals surface area contributed by atoms with Crippen molar-refractivity contribution in [3.63, 3.8) is 0 Å². The molecule has 0 bridgehead atoms. The smallest absolute Gasteiger partial charge is 0.268 e. The molecule has 4 heterocycles. The van der Waals surface area contributed by atoms with Crippen LogP contribution in [0, 0.1) is 20.8 Å². The van der Waals surface area contributed by atoms with Gasteiger partial charge in [-0.3, -0.25) is 9.48 Å². The maximum absolute atomic E-state index is 13.2. The zero-order valence-corrected chi connectivity index (χ0v) is 22.3. The van der Waals surface area contributed by atoms with E-state index in [0.717, 1.165) is 85.8 Å². The molecule has 2 aromatic carbocycles. The van der Waals surface area contributed by atoms with Gasteiger partial charge < -0.3 is 14.6 Å². The van der Waals surface area contributed by atoms with E-state index in [9.17, 15) is 4.79 Å². The summed E-state index contributed by atoms with van der Waals surface area (Å²) in [6.07, 6.45) is 2.25. The lowest BCUT2D eigenvalue weighted by Crippen LogP contribution is -2.40. The third kappa shape index (κ3) is 3.46. The van der Waals surface area contributed by atoms with E-state index in [-0.39, 0.29) is 11.9 Å². The summed E-state index contributed by atoms with van der Waals surface area (Å²) in [4.78, 5) is 13.2. The Morgan fingerprint density at radius 3 is 2.64 bits per heavy atom. The summed E-state index contributed by atoms with van der Waals surface area (Å²) in [5, 5.41) is 10.5. The van der Waals surface area contributed by atoms with Gasteiger partial charge in [0, 0.05) is 47.2 Å². The predicted molar refractivity (Wildman–Crippen MR) is 144 cm³/mol. The van der Waals surface area contributed by atoms with Gasteiger partial charge in [-0.2, -0.15) is 5.10 Å². The molecule has 0 fully saturated rings. The molecule has 0 unspecified atom stereocenters. The SMILES string of the molecule is Cc1cc(OCCCc2c3n4c5c(c(Cl)ccc25)-c2c(nn(C)c2C)C[C@@H]4CNC3=O)cc(C)c1Cl. The van der Waals surface area contributed by atoms with Crippen LogP contribution in [0.25, 0.3) is 22.0 Å². The number of amides is 1. The third-order valence-corrected chi connectivity index (χ3v) is 8.54. The first-order chi connectivity index (χ1) is 17.3. The fraction of sp³-hybridized carbons (Fsp3) is 0.357. The quantitative estimate of drug-likeness (QED) is 0.321. The Bertz CT molecular complexity index is 1540. The molecule has 1 amide bonds. The Morgan fingerprint density at radius 1 is 1.14 bits per heavy atom. The zero-order valence-electron chi connectivity index (χ0n) is 20.8. The number of rotatable bonds is 5. The first kappa shape index (κ1) is 23.4. The number of aromatic nitrogens is 3. The Kier molecular flexibility index (Phi) is 5.58. The minimum Gasteiger partial charge on any atom is -0.494 e. The molecule has 2 aliphatic rings. The van der Waals surface area contributed by atoms with Crippen molar-refractivity contribution in [2.24, 2.45) is 7.05 Å². The second kappa shape index (κ2) is 8.56. The molecular formula is C28H28Cl2N4O2. The summed E-state index contributed by atoms with van der Waals surface area (Å²) < 4.78 is 10.2. The molecule has 36 heavy (non-hydrogen) atoms. The highest BCUT2D eigenvalue weighted by atomic mass is 35.5. The van der Waals surface area contributed by atoms with Crippen LogP contribution in [0.1, 0.15) is 51.0 Å². The minimum absolute atomic E-state index is 0.0267. The average Bonchev–Trinajstić information content (AvgIpc) is 3.26. The van der Waals surface area contributed by atoms with Crippen LogP contribution < -0.4 is 10.1 Å². The summed E-state index contributed by atoms with van der Waals surface area (Å²) in [7, 11) is 1.97. The van der Waals surface area contributed by atoms with Crippen LogP contribution in [-0.4, -0.2) is 33.4 Å². The van der Waals surface area contributed by atoms with Gasteiger partial charge in [0.25, 0.3) is 5.91 Å². The van der Waals surface area contributed by atoms with Crippen LogP contribution in [0.2, 0.25) is 10.0 Å². The molecule has 0 aliphatic carbocycles. The number of carbonyl (C=O) groups is 1. The molecule has 8 heteroatoms. The van der Waals surface area contributed by atoms with Crippen LogP contribution >= 0.6 is 23.2 Å². The molecule has 2 aliphatic heterocycles. The molecule has 0 saturated heterocycles. The first-order valence-electron chi connectivity index (χ1n) is 12.3. The van der Waals surface area contributed by atoms with Crippen LogP contribution in [0.15, 0.2) is 24.3 Å². The van der Waals surface area contributed by atoms with Crippen LogP contribution in [-0.2, 0) is 19.9 Å². The summed E-state index contributed by atoms with van der Waals surface area (Å²) in [5.74, 6) is 0.792. The maximum Gasteiger partial charge on any atom is 0.268 e. The van der Waals surface area contributed by atoms with Gasteiger partial charge in [-0.15, -0.1) is 0 Å². The van der Waals surface area contributed by atoms with E-state index in [1.165, 1.54) is 0 Å². The van der Waals surface area contributed by atoms with E-state index < -0.39 is 0 Å². The number of fused-ring (bicyclic) bond motifs is 2. The van der Waals surface area contributed by atoms with E-state index in [0.29, 0.717) is 18.2 Å². The normalized spacial score (nSPS) is 16.2. The van der Waals surface area contributed by atoms with Crippen molar-refractivity contribution in [3.8, 4) is 16.9 Å². The van der Waals surface area contributed by atoms with E-state index in [4.69, 9.17) is 33.0 Å². The number of carbonyl (C=O) groups excluding carboxylic acids is 1. The minimum atomic E-state index is -0.0267. The molecule has 0 saturated carbocycles. The Hall–Kier alpha value is -2.96.